The van der Waals surface area contributed by atoms with Crippen LogP contribution >= 0.6 is 0 Å². The third-order valence-electron chi connectivity index (χ3n) is 2.50. The highest BCUT2D eigenvalue weighted by atomic mass is 15.0. The van der Waals surface area contributed by atoms with E-state index in [0.717, 1.165) is 6.67 Å². The molecule has 84 valence electrons. The molecule has 0 bridgehead atoms. The zero-order chi connectivity index (χ0) is 11.5. The third-order valence-corrected chi connectivity index (χ3v) is 2.50. The van der Waals surface area contributed by atoms with Crippen molar-refractivity contribution in [1.29, 1.82) is 0 Å². The highest BCUT2D eigenvalue weighted by Gasteiger charge is 2.15. The summed E-state index contributed by atoms with van der Waals surface area (Å²) >= 11 is 0. The smallest absolute Gasteiger partial charge is 0.0650 e. The summed E-state index contributed by atoms with van der Waals surface area (Å²) in [6.07, 6.45) is 0. The van der Waals surface area contributed by atoms with Crippen LogP contribution in [-0.2, 0) is 5.41 Å². The van der Waals surface area contributed by atoms with E-state index in [1.54, 1.807) is 0 Å². The predicted octanol–water partition coefficient (Wildman–Crippen LogP) is 2.88. The first-order valence-corrected chi connectivity index (χ1v) is 5.45. The van der Waals surface area contributed by atoms with Gasteiger partial charge >= 0.3 is 0 Å². The van der Waals surface area contributed by atoms with Crippen LogP contribution in [0, 0.1) is 6.92 Å². The van der Waals surface area contributed by atoms with Gasteiger partial charge in [0.25, 0.3) is 0 Å². The van der Waals surface area contributed by atoms with E-state index in [1.807, 2.05) is 7.05 Å². The molecular weight excluding hydrogens is 184 g/mol. The van der Waals surface area contributed by atoms with Crippen LogP contribution in [0.15, 0.2) is 18.2 Å². The van der Waals surface area contributed by atoms with Crippen molar-refractivity contribution in [2.24, 2.45) is 0 Å². The molecule has 0 unspecified atom stereocenters. The molecule has 0 radical (unpaired) electrons. The normalized spacial score (nSPS) is 11.5. The number of rotatable bonds is 3. The number of hydrogen-bond acceptors (Lipinski definition) is 2. The van der Waals surface area contributed by atoms with Crippen molar-refractivity contribution >= 4 is 5.69 Å². The van der Waals surface area contributed by atoms with Gasteiger partial charge in [-0.1, -0.05) is 26.8 Å². The van der Waals surface area contributed by atoms with Crippen molar-refractivity contribution in [2.45, 2.75) is 33.1 Å². The van der Waals surface area contributed by atoms with E-state index in [9.17, 15) is 0 Å². The lowest BCUT2D eigenvalue weighted by Crippen LogP contribution is -2.17. The Bertz CT molecular complexity index is 324. The van der Waals surface area contributed by atoms with Crippen LogP contribution in [0.2, 0.25) is 0 Å². The van der Waals surface area contributed by atoms with E-state index in [4.69, 9.17) is 0 Å². The van der Waals surface area contributed by atoms with Gasteiger partial charge in [0.15, 0.2) is 0 Å². The number of hydrogen-bond donors (Lipinski definition) is 2. The van der Waals surface area contributed by atoms with Gasteiger partial charge in [0.05, 0.1) is 6.67 Å². The van der Waals surface area contributed by atoms with Crippen LogP contribution in [0.5, 0.6) is 0 Å². The summed E-state index contributed by atoms with van der Waals surface area (Å²) in [5, 5.41) is 6.37. The average molecular weight is 206 g/mol. The Kier molecular flexibility index (Phi) is 3.75. The van der Waals surface area contributed by atoms with E-state index in [2.05, 4.69) is 56.5 Å². The van der Waals surface area contributed by atoms with Crippen molar-refractivity contribution < 1.29 is 0 Å². The molecule has 0 saturated carbocycles. The molecule has 2 N–H and O–H groups in total. The van der Waals surface area contributed by atoms with Gasteiger partial charge in [-0.05, 0) is 42.6 Å². The van der Waals surface area contributed by atoms with Gasteiger partial charge in [-0.2, -0.15) is 0 Å². The molecular formula is C13H22N2. The SMILES string of the molecule is CNCNc1ccc(C(C)(C)C)c(C)c1. The summed E-state index contributed by atoms with van der Waals surface area (Å²) in [6.45, 7) is 9.71. The molecule has 0 spiro atoms. The summed E-state index contributed by atoms with van der Waals surface area (Å²) in [6, 6.07) is 6.57. The van der Waals surface area contributed by atoms with E-state index in [0.29, 0.717) is 0 Å². The standard InChI is InChI=1S/C13H22N2/c1-10-8-11(15-9-14-5)6-7-12(10)13(2,3)4/h6-8,14-15H,9H2,1-5H3. The minimum Gasteiger partial charge on any atom is -0.372 e. The first-order chi connectivity index (χ1) is 6.95. The molecule has 1 aromatic carbocycles. The fraction of sp³-hybridized carbons (Fsp3) is 0.538. The second kappa shape index (κ2) is 4.67. The number of benzene rings is 1. The molecule has 1 rings (SSSR count). The Balaban J connectivity index is 2.89. The summed E-state index contributed by atoms with van der Waals surface area (Å²) in [4.78, 5) is 0. The van der Waals surface area contributed by atoms with Crippen molar-refractivity contribution in [1.82, 2.24) is 5.32 Å². The molecule has 2 nitrogen and oxygen atoms in total. The molecule has 15 heavy (non-hydrogen) atoms. The van der Waals surface area contributed by atoms with Gasteiger partial charge in [-0.25, -0.2) is 0 Å². The molecule has 0 atom stereocenters. The van der Waals surface area contributed by atoms with Crippen molar-refractivity contribution in [3.05, 3.63) is 29.3 Å². The van der Waals surface area contributed by atoms with Gasteiger partial charge in [-0.15, -0.1) is 0 Å². The van der Waals surface area contributed by atoms with Crippen molar-refractivity contribution in [2.75, 3.05) is 19.0 Å². The maximum atomic E-state index is 3.30. The summed E-state index contributed by atoms with van der Waals surface area (Å²) < 4.78 is 0. The molecule has 2 heteroatoms. The highest BCUT2D eigenvalue weighted by molar-refractivity contribution is 5.49. The number of aryl methyl sites for hydroxylation is 1. The van der Waals surface area contributed by atoms with Crippen LogP contribution < -0.4 is 10.6 Å². The zero-order valence-electron chi connectivity index (χ0n) is 10.4. The molecule has 0 amide bonds. The van der Waals surface area contributed by atoms with Gasteiger partial charge in [-0.3, -0.25) is 0 Å². The lowest BCUT2D eigenvalue weighted by atomic mass is 9.84. The summed E-state index contributed by atoms with van der Waals surface area (Å²) in [5.74, 6) is 0. The van der Waals surface area contributed by atoms with Gasteiger partial charge < -0.3 is 10.6 Å². The van der Waals surface area contributed by atoms with Crippen LogP contribution in [0.25, 0.3) is 0 Å². The Hall–Kier alpha value is -1.02. The second-order valence-electron chi connectivity index (χ2n) is 4.99. The first kappa shape index (κ1) is 12.1. The molecule has 0 aliphatic heterocycles. The zero-order valence-corrected chi connectivity index (χ0v) is 10.4. The van der Waals surface area contributed by atoms with Crippen LogP contribution in [0.4, 0.5) is 5.69 Å². The van der Waals surface area contributed by atoms with Crippen LogP contribution in [0.3, 0.4) is 0 Å². The largest absolute Gasteiger partial charge is 0.372 e. The Labute approximate surface area is 93.1 Å². The topological polar surface area (TPSA) is 24.1 Å². The Morgan fingerprint density at radius 2 is 1.87 bits per heavy atom. The number of nitrogens with one attached hydrogen (secondary N) is 2. The van der Waals surface area contributed by atoms with E-state index >= 15 is 0 Å². The highest BCUT2D eigenvalue weighted by Crippen LogP contribution is 2.27. The molecule has 0 heterocycles. The van der Waals surface area contributed by atoms with Crippen LogP contribution in [0.1, 0.15) is 31.9 Å². The molecule has 0 aliphatic carbocycles. The lowest BCUT2D eigenvalue weighted by molar-refractivity contribution is 0.586. The van der Waals surface area contributed by atoms with Crippen LogP contribution in [-0.4, -0.2) is 13.7 Å². The maximum absolute atomic E-state index is 3.30. The average Bonchev–Trinajstić information content (AvgIpc) is 2.12. The van der Waals surface area contributed by atoms with Gasteiger partial charge in [0.1, 0.15) is 0 Å². The summed E-state index contributed by atoms with van der Waals surface area (Å²) in [5.41, 5.74) is 4.17. The van der Waals surface area contributed by atoms with Crippen molar-refractivity contribution in [3.63, 3.8) is 0 Å². The van der Waals surface area contributed by atoms with Gasteiger partial charge in [0.2, 0.25) is 0 Å². The van der Waals surface area contributed by atoms with Crippen molar-refractivity contribution in [3.8, 4) is 0 Å². The fourth-order valence-corrected chi connectivity index (χ4v) is 1.81. The van der Waals surface area contributed by atoms with E-state index < -0.39 is 0 Å². The predicted molar refractivity (Wildman–Crippen MR) is 67.4 cm³/mol. The Morgan fingerprint density at radius 3 is 2.33 bits per heavy atom. The molecule has 0 fully saturated rings. The summed E-state index contributed by atoms with van der Waals surface area (Å²) in [7, 11) is 1.93. The second-order valence-corrected chi connectivity index (χ2v) is 4.99. The third kappa shape index (κ3) is 3.24. The monoisotopic (exact) mass is 206 g/mol. The minimum atomic E-state index is 0.228. The molecule has 0 saturated heterocycles. The molecule has 0 aliphatic rings. The quantitative estimate of drug-likeness (QED) is 0.743. The first-order valence-electron chi connectivity index (χ1n) is 5.45. The molecule has 0 aromatic heterocycles. The minimum absolute atomic E-state index is 0.228. The Morgan fingerprint density at radius 1 is 1.20 bits per heavy atom. The van der Waals surface area contributed by atoms with E-state index in [-0.39, 0.29) is 5.41 Å². The number of anilines is 1. The maximum Gasteiger partial charge on any atom is 0.0650 e. The van der Waals surface area contributed by atoms with Gasteiger partial charge in [0, 0.05) is 5.69 Å². The molecule has 1 aromatic rings. The fourth-order valence-electron chi connectivity index (χ4n) is 1.81. The van der Waals surface area contributed by atoms with E-state index in [1.165, 1.54) is 16.8 Å². The lowest BCUT2D eigenvalue weighted by Gasteiger charge is -2.22.